The fraction of sp³-hybridized carbons (Fsp3) is 0.900. The van der Waals surface area contributed by atoms with E-state index in [-0.39, 0.29) is 74.8 Å². The van der Waals surface area contributed by atoms with Crippen LogP contribution in [-0.4, -0.2) is 38.7 Å². The van der Waals surface area contributed by atoms with E-state index in [0.717, 1.165) is 25.7 Å². The van der Waals surface area contributed by atoms with Crippen LogP contribution < -0.4 is 5.32 Å². The van der Waals surface area contributed by atoms with Crippen molar-refractivity contribution in [3.05, 3.63) is 0 Å². The van der Waals surface area contributed by atoms with Crippen LogP contribution >= 0.6 is 0 Å². The minimum Gasteiger partial charge on any atom is -0.355 e. The number of Topliss-reactive ketones (excluding diaryl/α,β-unsaturated/α-hetero) is 2. The molecular weight excluding hydrogens is 318 g/mol. The monoisotopic (exact) mass is 367 g/mol. The number of carbonyl (C=O) groups excluding carboxylic acids is 2. The van der Waals surface area contributed by atoms with E-state index in [1.807, 2.05) is 0 Å². The van der Waals surface area contributed by atoms with E-state index in [1.165, 1.54) is 0 Å². The highest BCUT2D eigenvalue weighted by atomic mass is 16.7. The first-order valence-electron chi connectivity index (χ1n) is 6.98. The molecule has 0 radical (unpaired) electrons. The fourth-order valence-electron chi connectivity index (χ4n) is 2.46. The van der Waals surface area contributed by atoms with E-state index in [4.69, 9.17) is 9.47 Å². The van der Waals surface area contributed by atoms with Crippen molar-refractivity contribution in [2.75, 3.05) is 27.2 Å². The average Bonchev–Trinajstić information content (AvgIpc) is 2.42. The predicted octanol–water partition coefficient (Wildman–Crippen LogP) is 5.33. The zero-order valence-electron chi connectivity index (χ0n) is 11.9. The lowest BCUT2D eigenvalue weighted by Crippen LogP contribution is -2.25. The molecule has 0 aromatic rings. The molecule has 5 nitrogen and oxygen atoms in total. The second kappa shape index (κ2) is 23.2. The first-order valence-corrected chi connectivity index (χ1v) is 6.98. The van der Waals surface area contributed by atoms with Crippen LogP contribution in [0.2, 0.25) is 0 Å². The summed E-state index contributed by atoms with van der Waals surface area (Å²) in [5.41, 5.74) is 0. The van der Waals surface area contributed by atoms with Crippen molar-refractivity contribution < 1.29 is 19.1 Å². The minimum absolute atomic E-state index is 0. The van der Waals surface area contributed by atoms with Gasteiger partial charge in [0.1, 0.15) is 18.4 Å². The summed E-state index contributed by atoms with van der Waals surface area (Å²) in [6.45, 7) is 2.72. The third-order valence-corrected chi connectivity index (χ3v) is 3.66. The van der Waals surface area contributed by atoms with Gasteiger partial charge in [0.25, 0.3) is 0 Å². The summed E-state index contributed by atoms with van der Waals surface area (Å²) in [5, 5.41) is 2.84. The van der Waals surface area contributed by atoms with Crippen molar-refractivity contribution in [2.24, 2.45) is 11.8 Å². The van der Waals surface area contributed by atoms with Gasteiger partial charge >= 0.3 is 0 Å². The third kappa shape index (κ3) is 16.4. The van der Waals surface area contributed by atoms with E-state index in [0.29, 0.717) is 19.8 Å². The molecule has 0 spiro atoms. The smallest absolute Gasteiger partial charge is 0.148 e. The Morgan fingerprint density at radius 1 is 0.880 bits per heavy atom. The van der Waals surface area contributed by atoms with Crippen LogP contribution in [0.3, 0.4) is 0 Å². The highest BCUT2D eigenvalue weighted by Crippen LogP contribution is 2.30. The van der Waals surface area contributed by atoms with Crippen LogP contribution in [-0.2, 0) is 19.1 Å². The van der Waals surface area contributed by atoms with Crippen molar-refractivity contribution in [1.29, 1.82) is 0 Å². The van der Waals surface area contributed by atoms with Crippen LogP contribution in [0, 0.1) is 11.8 Å². The summed E-state index contributed by atoms with van der Waals surface area (Å²) in [7, 11) is 1.79. The number of nitrogens with one attached hydrogen (secondary N) is 1. The second-order valence-electron chi connectivity index (χ2n) is 5.10. The molecule has 0 unspecified atom stereocenters. The van der Waals surface area contributed by atoms with Crippen LogP contribution in [0.15, 0.2) is 0 Å². The van der Waals surface area contributed by atoms with Gasteiger partial charge in [0.2, 0.25) is 0 Å². The van der Waals surface area contributed by atoms with Gasteiger partial charge in [-0.15, -0.1) is 0 Å². The Morgan fingerprint density at radius 3 is 1.80 bits per heavy atom. The molecule has 0 saturated heterocycles. The Labute approximate surface area is 159 Å². The predicted molar refractivity (Wildman–Crippen MR) is 112 cm³/mol. The van der Waals surface area contributed by atoms with Crippen molar-refractivity contribution in [3.8, 4) is 0 Å². The molecule has 0 bridgehead atoms. The lowest BCUT2D eigenvalue weighted by molar-refractivity contribution is -0.129. The van der Waals surface area contributed by atoms with Crippen molar-refractivity contribution in [2.45, 2.75) is 83.6 Å². The molecule has 0 amide bonds. The molecule has 1 aliphatic carbocycles. The summed E-state index contributed by atoms with van der Waals surface area (Å²) >= 11 is 0. The Balaban J connectivity index is -0.000000150. The second-order valence-corrected chi connectivity index (χ2v) is 5.10. The maximum Gasteiger partial charge on any atom is 0.148 e. The largest absolute Gasteiger partial charge is 0.355 e. The maximum atomic E-state index is 11.9. The molecule has 1 rings (SSSR count). The van der Waals surface area contributed by atoms with Gasteiger partial charge in [-0.2, -0.15) is 0 Å². The van der Waals surface area contributed by atoms with Gasteiger partial charge in [-0.1, -0.05) is 44.6 Å². The van der Waals surface area contributed by atoms with E-state index in [1.54, 1.807) is 14.0 Å². The van der Waals surface area contributed by atoms with E-state index in [2.05, 4.69) is 5.32 Å². The summed E-state index contributed by atoms with van der Waals surface area (Å²) in [5.74, 6) is 0.819. The van der Waals surface area contributed by atoms with E-state index < -0.39 is 0 Å². The van der Waals surface area contributed by atoms with E-state index in [9.17, 15) is 9.59 Å². The lowest BCUT2D eigenvalue weighted by Gasteiger charge is -2.25. The minimum atomic E-state index is 0. The van der Waals surface area contributed by atoms with Crippen LogP contribution in [0.1, 0.15) is 83.6 Å². The molecule has 0 aromatic heterocycles. The van der Waals surface area contributed by atoms with Gasteiger partial charge in [0.15, 0.2) is 0 Å². The van der Waals surface area contributed by atoms with Crippen molar-refractivity contribution in [3.63, 3.8) is 0 Å². The molecule has 158 valence electrons. The number of ketones is 2. The number of hydrogen-bond donors (Lipinski definition) is 1. The number of ether oxygens (including phenoxy) is 2. The molecule has 0 aromatic carbocycles. The average molecular weight is 368 g/mol. The van der Waals surface area contributed by atoms with Gasteiger partial charge in [-0.05, 0) is 39.7 Å². The van der Waals surface area contributed by atoms with Crippen LogP contribution in [0.25, 0.3) is 0 Å². The molecule has 5 heteroatoms. The highest BCUT2D eigenvalue weighted by molar-refractivity contribution is 5.82. The lowest BCUT2D eigenvalue weighted by atomic mass is 9.78. The van der Waals surface area contributed by atoms with Gasteiger partial charge in [0, 0.05) is 18.3 Å². The molecule has 1 saturated carbocycles. The SMILES string of the molecule is C.C.C.C.C.C.CNCOCOCCC(=O)C1CCC(C(C)=O)CC1. The highest BCUT2D eigenvalue weighted by Gasteiger charge is 2.27. The molecule has 1 aliphatic rings. The zero-order chi connectivity index (χ0) is 14.1. The Morgan fingerprint density at radius 2 is 1.36 bits per heavy atom. The molecule has 1 fully saturated rings. The first-order chi connectivity index (χ1) is 9.15. The fourth-order valence-corrected chi connectivity index (χ4v) is 2.46. The summed E-state index contributed by atoms with van der Waals surface area (Å²) < 4.78 is 10.3. The molecule has 25 heavy (non-hydrogen) atoms. The summed E-state index contributed by atoms with van der Waals surface area (Å²) in [4.78, 5) is 23.2. The van der Waals surface area contributed by atoms with Crippen molar-refractivity contribution in [1.82, 2.24) is 5.32 Å². The normalized spacial score (nSPS) is 17.7. The Kier molecular flexibility index (Phi) is 36.5. The third-order valence-electron chi connectivity index (χ3n) is 3.66. The molecule has 0 heterocycles. The molecule has 0 atom stereocenters. The van der Waals surface area contributed by atoms with Crippen molar-refractivity contribution >= 4 is 11.6 Å². The van der Waals surface area contributed by atoms with E-state index >= 15 is 0 Å². The number of rotatable bonds is 9. The number of carbonyl (C=O) groups is 2. The van der Waals surface area contributed by atoms with Gasteiger partial charge in [0.05, 0.1) is 13.3 Å². The summed E-state index contributed by atoms with van der Waals surface area (Å²) in [6, 6.07) is 0. The molecule has 1 N–H and O–H groups in total. The molecular formula is C20H49NO4. The maximum absolute atomic E-state index is 11.9. The van der Waals surface area contributed by atoms with Crippen LogP contribution in [0.4, 0.5) is 0 Å². The topological polar surface area (TPSA) is 64.6 Å². The Hall–Kier alpha value is -0.780. The summed E-state index contributed by atoms with van der Waals surface area (Å²) in [6.07, 6.45) is 3.85. The first kappa shape index (κ1) is 39.3. The molecule has 0 aliphatic heterocycles. The zero-order valence-corrected chi connectivity index (χ0v) is 11.9. The van der Waals surface area contributed by atoms with Gasteiger partial charge in [-0.25, -0.2) is 0 Å². The standard InChI is InChI=1S/C14H25NO4.6CH4/c1-11(16)12-3-5-13(6-4-12)14(17)7-8-18-10-19-9-15-2;;;;;;/h12-13,15H,3-10H2,1-2H3;6*1H4. The number of hydrogen-bond acceptors (Lipinski definition) is 5. The quantitative estimate of drug-likeness (QED) is 0.441. The van der Waals surface area contributed by atoms with Gasteiger partial charge < -0.3 is 9.47 Å². The van der Waals surface area contributed by atoms with Gasteiger partial charge in [-0.3, -0.25) is 14.9 Å². The Bertz CT molecular complexity index is 287. The van der Waals surface area contributed by atoms with Crippen LogP contribution in [0.5, 0.6) is 0 Å².